The van der Waals surface area contributed by atoms with E-state index >= 15 is 0 Å². The fourth-order valence-corrected chi connectivity index (χ4v) is 2.49. The predicted molar refractivity (Wildman–Crippen MR) is 81.6 cm³/mol. The smallest absolute Gasteiger partial charge is 0.227 e. The summed E-state index contributed by atoms with van der Waals surface area (Å²) in [5.41, 5.74) is 1.07. The Morgan fingerprint density at radius 3 is 2.37 bits per heavy atom. The van der Waals surface area contributed by atoms with Crippen LogP contribution in [0.3, 0.4) is 0 Å². The Morgan fingerprint density at radius 1 is 1.26 bits per heavy atom. The number of carbonyl (C=O) groups is 1. The number of nitrogens with one attached hydrogen (secondary N) is 1. The molecule has 0 spiro atoms. The molecule has 106 valence electrons. The summed E-state index contributed by atoms with van der Waals surface area (Å²) >= 11 is 5.93. The monoisotopic (exact) mass is 281 g/mol. The van der Waals surface area contributed by atoms with Gasteiger partial charge in [-0.15, -0.1) is 11.6 Å². The molecule has 0 bridgehead atoms. The Labute approximate surface area is 121 Å². The van der Waals surface area contributed by atoms with Gasteiger partial charge in [0.2, 0.25) is 5.91 Å². The van der Waals surface area contributed by atoms with Crippen molar-refractivity contribution in [3.05, 3.63) is 35.9 Å². The first-order chi connectivity index (χ1) is 9.08. The van der Waals surface area contributed by atoms with Crippen molar-refractivity contribution in [1.29, 1.82) is 0 Å². The van der Waals surface area contributed by atoms with E-state index in [9.17, 15) is 4.79 Å². The lowest BCUT2D eigenvalue weighted by molar-refractivity contribution is -0.123. The summed E-state index contributed by atoms with van der Waals surface area (Å²) in [6.07, 6.45) is 1.72. The van der Waals surface area contributed by atoms with Gasteiger partial charge in [-0.3, -0.25) is 4.79 Å². The van der Waals surface area contributed by atoms with Crippen molar-refractivity contribution in [1.82, 2.24) is 5.32 Å². The molecule has 0 aliphatic carbocycles. The fourth-order valence-electron chi connectivity index (χ4n) is 2.29. The van der Waals surface area contributed by atoms with E-state index in [-0.39, 0.29) is 17.9 Å². The summed E-state index contributed by atoms with van der Waals surface area (Å²) in [6.45, 7) is 6.32. The van der Waals surface area contributed by atoms with Crippen LogP contribution in [0.4, 0.5) is 0 Å². The normalized spacial score (nSPS) is 14.2. The predicted octanol–water partition coefficient (Wildman–Crippen LogP) is 3.95. The molecule has 0 aliphatic rings. The lowest BCUT2D eigenvalue weighted by atomic mass is 9.95. The lowest BCUT2D eigenvalue weighted by Gasteiger charge is -2.22. The minimum Gasteiger partial charge on any atom is -0.352 e. The minimum atomic E-state index is -0.0842. The van der Waals surface area contributed by atoms with Gasteiger partial charge in [-0.05, 0) is 24.3 Å². The Bertz CT molecular complexity index is 378. The molecule has 0 radical (unpaired) electrons. The van der Waals surface area contributed by atoms with Crippen molar-refractivity contribution in [3.63, 3.8) is 0 Å². The van der Waals surface area contributed by atoms with Crippen molar-refractivity contribution in [2.24, 2.45) is 5.92 Å². The van der Waals surface area contributed by atoms with Crippen LogP contribution in [0.15, 0.2) is 30.3 Å². The Hall–Kier alpha value is -1.02. The van der Waals surface area contributed by atoms with Crippen molar-refractivity contribution in [2.45, 2.75) is 45.6 Å². The number of carbonyl (C=O) groups excluding carboxylic acids is 1. The van der Waals surface area contributed by atoms with Crippen molar-refractivity contribution >= 4 is 17.5 Å². The number of benzene rings is 1. The topological polar surface area (TPSA) is 29.1 Å². The Morgan fingerprint density at radius 2 is 1.89 bits per heavy atom. The molecular weight excluding hydrogens is 258 g/mol. The van der Waals surface area contributed by atoms with Crippen LogP contribution in [0.5, 0.6) is 0 Å². The quantitative estimate of drug-likeness (QED) is 0.754. The molecule has 1 rings (SSSR count). The van der Waals surface area contributed by atoms with Crippen LogP contribution in [-0.4, -0.2) is 17.8 Å². The van der Waals surface area contributed by atoms with Crippen molar-refractivity contribution < 1.29 is 4.79 Å². The van der Waals surface area contributed by atoms with Gasteiger partial charge in [0.05, 0.1) is 5.92 Å². The number of amides is 1. The molecule has 1 aromatic rings. The first-order valence-corrected chi connectivity index (χ1v) is 7.53. The van der Waals surface area contributed by atoms with E-state index in [0.29, 0.717) is 11.8 Å². The number of alkyl halides is 1. The van der Waals surface area contributed by atoms with Crippen LogP contribution >= 0.6 is 11.6 Å². The molecule has 19 heavy (non-hydrogen) atoms. The second-order valence-electron chi connectivity index (χ2n) is 5.36. The highest BCUT2D eigenvalue weighted by Gasteiger charge is 2.21. The zero-order chi connectivity index (χ0) is 14.3. The molecule has 1 N–H and O–H groups in total. The van der Waals surface area contributed by atoms with Crippen molar-refractivity contribution in [2.75, 3.05) is 5.88 Å². The molecule has 2 atom stereocenters. The molecule has 1 amide bonds. The zero-order valence-electron chi connectivity index (χ0n) is 12.0. The first kappa shape index (κ1) is 16.0. The van der Waals surface area contributed by atoms with E-state index in [4.69, 9.17) is 11.6 Å². The van der Waals surface area contributed by atoms with Gasteiger partial charge in [-0.2, -0.15) is 0 Å². The average molecular weight is 282 g/mol. The third kappa shape index (κ3) is 5.23. The van der Waals surface area contributed by atoms with Gasteiger partial charge in [0.1, 0.15) is 0 Å². The number of hydrogen-bond acceptors (Lipinski definition) is 1. The second kappa shape index (κ2) is 8.21. The number of hydrogen-bond donors (Lipinski definition) is 1. The molecule has 0 saturated heterocycles. The SMILES string of the molecule is CCC(C(=O)NC(CCl)CC(C)C)c1ccccc1. The van der Waals surface area contributed by atoms with Gasteiger partial charge in [0.25, 0.3) is 0 Å². The third-order valence-corrected chi connectivity index (χ3v) is 3.59. The Kier molecular flexibility index (Phi) is 6.93. The van der Waals surface area contributed by atoms with Crippen LogP contribution in [0.1, 0.15) is 45.1 Å². The molecule has 1 aromatic carbocycles. The Balaban J connectivity index is 2.69. The van der Waals surface area contributed by atoms with E-state index in [1.807, 2.05) is 37.3 Å². The summed E-state index contributed by atoms with van der Waals surface area (Å²) in [6, 6.07) is 9.98. The van der Waals surface area contributed by atoms with E-state index in [1.165, 1.54) is 0 Å². The maximum Gasteiger partial charge on any atom is 0.227 e. The maximum atomic E-state index is 12.4. The summed E-state index contributed by atoms with van der Waals surface area (Å²) in [4.78, 5) is 12.4. The molecule has 3 heteroatoms. The summed E-state index contributed by atoms with van der Waals surface area (Å²) in [7, 11) is 0. The molecule has 2 unspecified atom stereocenters. The van der Waals surface area contributed by atoms with Gasteiger partial charge in [-0.1, -0.05) is 51.1 Å². The van der Waals surface area contributed by atoms with Crippen LogP contribution in [0.2, 0.25) is 0 Å². The maximum absolute atomic E-state index is 12.4. The average Bonchev–Trinajstić information content (AvgIpc) is 2.39. The van der Waals surface area contributed by atoms with Gasteiger partial charge in [-0.25, -0.2) is 0 Å². The van der Waals surface area contributed by atoms with Gasteiger partial charge < -0.3 is 5.32 Å². The molecule has 0 saturated carbocycles. The van der Waals surface area contributed by atoms with Crippen LogP contribution in [0.25, 0.3) is 0 Å². The third-order valence-electron chi connectivity index (χ3n) is 3.22. The van der Waals surface area contributed by atoms with Crippen LogP contribution in [0, 0.1) is 5.92 Å². The van der Waals surface area contributed by atoms with E-state index in [0.717, 1.165) is 18.4 Å². The number of rotatable bonds is 7. The van der Waals surface area contributed by atoms with Gasteiger partial charge in [0, 0.05) is 11.9 Å². The van der Waals surface area contributed by atoms with Crippen molar-refractivity contribution in [3.8, 4) is 0 Å². The first-order valence-electron chi connectivity index (χ1n) is 6.99. The fraction of sp³-hybridized carbons (Fsp3) is 0.562. The van der Waals surface area contributed by atoms with Gasteiger partial charge >= 0.3 is 0 Å². The second-order valence-corrected chi connectivity index (χ2v) is 5.67. The molecule has 0 aromatic heterocycles. The molecule has 2 nitrogen and oxygen atoms in total. The van der Waals surface area contributed by atoms with Gasteiger partial charge in [0.15, 0.2) is 0 Å². The van der Waals surface area contributed by atoms with Crippen LogP contribution < -0.4 is 5.32 Å². The molecule has 0 fully saturated rings. The minimum absolute atomic E-state index is 0.0620. The van der Waals surface area contributed by atoms with Crippen LogP contribution in [-0.2, 0) is 4.79 Å². The van der Waals surface area contributed by atoms with E-state index in [1.54, 1.807) is 0 Å². The summed E-state index contributed by atoms with van der Waals surface area (Å²) < 4.78 is 0. The lowest BCUT2D eigenvalue weighted by Crippen LogP contribution is -2.39. The van der Waals surface area contributed by atoms with E-state index in [2.05, 4.69) is 19.2 Å². The number of halogens is 1. The standard InChI is InChI=1S/C16H24ClNO/c1-4-15(13-8-6-5-7-9-13)16(19)18-14(11-17)10-12(2)3/h5-9,12,14-15H,4,10-11H2,1-3H3,(H,18,19). The highest BCUT2D eigenvalue weighted by Crippen LogP contribution is 2.20. The molecule has 0 aliphatic heterocycles. The molecule has 0 heterocycles. The highest BCUT2D eigenvalue weighted by atomic mass is 35.5. The zero-order valence-corrected chi connectivity index (χ0v) is 12.8. The largest absolute Gasteiger partial charge is 0.352 e. The molecular formula is C16H24ClNO. The highest BCUT2D eigenvalue weighted by molar-refractivity contribution is 6.18. The van der Waals surface area contributed by atoms with E-state index < -0.39 is 0 Å². The summed E-state index contributed by atoms with van der Waals surface area (Å²) in [5.74, 6) is 0.995. The summed E-state index contributed by atoms with van der Waals surface area (Å²) in [5, 5.41) is 3.08.